The van der Waals surface area contributed by atoms with Gasteiger partial charge in [-0.05, 0) is 25.1 Å². The minimum Gasteiger partial charge on any atom is -0.324 e. The van der Waals surface area contributed by atoms with Gasteiger partial charge in [-0.25, -0.2) is 9.07 Å². The van der Waals surface area contributed by atoms with E-state index in [4.69, 9.17) is 0 Å². The number of anilines is 2. The van der Waals surface area contributed by atoms with Crippen LogP contribution in [0.2, 0.25) is 0 Å². The van der Waals surface area contributed by atoms with Crippen LogP contribution in [0.3, 0.4) is 0 Å². The van der Waals surface area contributed by atoms with Crippen LogP contribution in [-0.4, -0.2) is 26.6 Å². The maximum absolute atomic E-state index is 13.5. The van der Waals surface area contributed by atoms with E-state index in [1.165, 1.54) is 23.7 Å². The van der Waals surface area contributed by atoms with E-state index in [1.807, 2.05) is 0 Å². The molecule has 1 heterocycles. The molecule has 2 N–H and O–H groups in total. The van der Waals surface area contributed by atoms with E-state index in [9.17, 15) is 14.0 Å². The second kappa shape index (κ2) is 5.70. The van der Waals surface area contributed by atoms with Crippen molar-refractivity contribution in [2.75, 3.05) is 10.6 Å². The molecule has 7 nitrogen and oxygen atoms in total. The van der Waals surface area contributed by atoms with Crippen LogP contribution in [0.5, 0.6) is 0 Å². The van der Waals surface area contributed by atoms with Crippen molar-refractivity contribution in [1.82, 2.24) is 14.8 Å². The van der Waals surface area contributed by atoms with Crippen molar-refractivity contribution >= 4 is 23.5 Å². The van der Waals surface area contributed by atoms with Crippen molar-refractivity contribution in [2.45, 2.75) is 13.8 Å². The third-order valence-corrected chi connectivity index (χ3v) is 2.63. The summed E-state index contributed by atoms with van der Waals surface area (Å²) in [5.74, 6) is -0.711. The summed E-state index contributed by atoms with van der Waals surface area (Å²) in [5.41, 5.74) is 0.144. The summed E-state index contributed by atoms with van der Waals surface area (Å²) in [6.07, 6.45) is 0. The minimum absolute atomic E-state index is 0.0516. The summed E-state index contributed by atoms with van der Waals surface area (Å²) in [6, 6.07) is 3.69. The lowest BCUT2D eigenvalue weighted by atomic mass is 10.2. The average molecular weight is 291 g/mol. The lowest BCUT2D eigenvalue weighted by Crippen LogP contribution is -2.16. The van der Waals surface area contributed by atoms with Crippen LogP contribution in [-0.2, 0) is 11.8 Å². The van der Waals surface area contributed by atoms with Gasteiger partial charge >= 0.3 is 0 Å². The molecule has 0 atom stereocenters. The molecule has 0 aliphatic rings. The number of hydrogen-bond acceptors (Lipinski definition) is 4. The summed E-state index contributed by atoms with van der Waals surface area (Å²) in [4.78, 5) is 27.1. The fourth-order valence-corrected chi connectivity index (χ4v) is 1.75. The molecular formula is C13H14FN5O2. The molecule has 0 aliphatic carbocycles. The first-order chi connectivity index (χ1) is 9.86. The van der Waals surface area contributed by atoms with Gasteiger partial charge in [0, 0.05) is 19.5 Å². The van der Waals surface area contributed by atoms with Crippen molar-refractivity contribution in [3.05, 3.63) is 35.4 Å². The van der Waals surface area contributed by atoms with Gasteiger partial charge in [0.25, 0.3) is 5.91 Å². The van der Waals surface area contributed by atoms with E-state index in [0.717, 1.165) is 6.07 Å². The standard InChI is InChI=1S/C13H14FN5O2/c1-7-15-13(19(3)18-7)17-12(21)9-4-5-10(14)11(6-9)16-8(2)20/h4-6H,1-3H3,(H,16,20)(H,15,17,18,21). The molecule has 1 aromatic carbocycles. The van der Waals surface area contributed by atoms with Gasteiger partial charge in [0.1, 0.15) is 11.6 Å². The van der Waals surface area contributed by atoms with E-state index in [0.29, 0.717) is 5.82 Å². The summed E-state index contributed by atoms with van der Waals surface area (Å²) in [5, 5.41) is 8.89. The predicted molar refractivity (Wildman–Crippen MR) is 74.4 cm³/mol. The summed E-state index contributed by atoms with van der Waals surface area (Å²) < 4.78 is 14.9. The average Bonchev–Trinajstić information content (AvgIpc) is 2.70. The Kier molecular flexibility index (Phi) is 3.97. The van der Waals surface area contributed by atoms with Crippen molar-refractivity contribution in [2.24, 2.45) is 7.05 Å². The Bertz CT molecular complexity index is 711. The van der Waals surface area contributed by atoms with Crippen molar-refractivity contribution in [1.29, 1.82) is 0 Å². The molecular weight excluding hydrogens is 277 g/mol. The topological polar surface area (TPSA) is 88.9 Å². The molecule has 2 aromatic rings. The van der Waals surface area contributed by atoms with Gasteiger partial charge in [0.15, 0.2) is 0 Å². The third kappa shape index (κ3) is 3.41. The number of hydrogen-bond donors (Lipinski definition) is 2. The monoisotopic (exact) mass is 291 g/mol. The number of rotatable bonds is 3. The molecule has 8 heteroatoms. The number of amides is 2. The van der Waals surface area contributed by atoms with E-state index >= 15 is 0 Å². The minimum atomic E-state index is -0.615. The van der Waals surface area contributed by atoms with Crippen molar-refractivity contribution < 1.29 is 14.0 Å². The lowest BCUT2D eigenvalue weighted by molar-refractivity contribution is -0.114. The molecule has 0 unspecified atom stereocenters. The Morgan fingerprint density at radius 2 is 2.00 bits per heavy atom. The first-order valence-electron chi connectivity index (χ1n) is 6.13. The van der Waals surface area contributed by atoms with Gasteiger partial charge in [-0.1, -0.05) is 0 Å². The molecule has 0 spiro atoms. The molecule has 2 amide bonds. The molecule has 21 heavy (non-hydrogen) atoms. The highest BCUT2D eigenvalue weighted by Gasteiger charge is 2.13. The summed E-state index contributed by atoms with van der Waals surface area (Å²) in [7, 11) is 1.64. The largest absolute Gasteiger partial charge is 0.324 e. The van der Waals surface area contributed by atoms with Crippen LogP contribution in [0.15, 0.2) is 18.2 Å². The second-order valence-electron chi connectivity index (χ2n) is 4.44. The zero-order valence-corrected chi connectivity index (χ0v) is 11.8. The quantitative estimate of drug-likeness (QED) is 0.896. The normalized spacial score (nSPS) is 10.3. The molecule has 1 aromatic heterocycles. The number of halogens is 1. The Hall–Kier alpha value is -2.77. The molecule has 0 radical (unpaired) electrons. The fourth-order valence-electron chi connectivity index (χ4n) is 1.75. The third-order valence-electron chi connectivity index (χ3n) is 2.63. The lowest BCUT2D eigenvalue weighted by Gasteiger charge is -2.07. The van der Waals surface area contributed by atoms with Gasteiger partial charge in [-0.15, -0.1) is 0 Å². The highest BCUT2D eigenvalue weighted by Crippen LogP contribution is 2.17. The SMILES string of the molecule is CC(=O)Nc1cc(C(=O)Nc2nc(C)nn2C)ccc1F. The Morgan fingerprint density at radius 3 is 2.57 bits per heavy atom. The second-order valence-corrected chi connectivity index (χ2v) is 4.44. The number of nitrogens with one attached hydrogen (secondary N) is 2. The van der Waals surface area contributed by atoms with Crippen LogP contribution in [0.1, 0.15) is 23.1 Å². The number of nitrogens with zero attached hydrogens (tertiary/aromatic N) is 3. The van der Waals surface area contributed by atoms with Gasteiger partial charge in [-0.2, -0.15) is 10.1 Å². The maximum atomic E-state index is 13.5. The van der Waals surface area contributed by atoms with Gasteiger partial charge < -0.3 is 5.32 Å². The number of aryl methyl sites for hydroxylation is 2. The number of aromatic nitrogens is 3. The molecule has 0 fully saturated rings. The predicted octanol–water partition coefficient (Wildman–Crippen LogP) is 1.47. The first kappa shape index (κ1) is 14.6. The zero-order chi connectivity index (χ0) is 15.6. The highest BCUT2D eigenvalue weighted by molar-refractivity contribution is 6.04. The number of carbonyl (C=O) groups excluding carboxylic acids is 2. The van der Waals surface area contributed by atoms with Crippen LogP contribution in [0, 0.1) is 12.7 Å². The number of carbonyl (C=O) groups is 2. The van der Waals surface area contributed by atoms with Gasteiger partial charge in [0.05, 0.1) is 5.69 Å². The zero-order valence-electron chi connectivity index (χ0n) is 11.8. The Balaban J connectivity index is 2.23. The van der Waals surface area contributed by atoms with Crippen LogP contribution in [0.25, 0.3) is 0 Å². The van der Waals surface area contributed by atoms with Gasteiger partial charge in [-0.3, -0.25) is 14.9 Å². The van der Waals surface area contributed by atoms with E-state index in [-0.39, 0.29) is 17.2 Å². The van der Waals surface area contributed by atoms with Crippen LogP contribution >= 0.6 is 0 Å². The van der Waals surface area contributed by atoms with Crippen LogP contribution < -0.4 is 10.6 Å². The van der Waals surface area contributed by atoms with Crippen molar-refractivity contribution in [3.8, 4) is 0 Å². The smallest absolute Gasteiger partial charge is 0.258 e. The maximum Gasteiger partial charge on any atom is 0.258 e. The fraction of sp³-hybridized carbons (Fsp3) is 0.231. The Labute approximate surface area is 120 Å². The number of benzene rings is 1. The van der Waals surface area contributed by atoms with E-state index in [2.05, 4.69) is 20.7 Å². The molecule has 0 saturated heterocycles. The summed E-state index contributed by atoms with van der Waals surface area (Å²) >= 11 is 0. The van der Waals surface area contributed by atoms with Gasteiger partial charge in [0.2, 0.25) is 11.9 Å². The molecule has 0 aliphatic heterocycles. The van der Waals surface area contributed by atoms with E-state index < -0.39 is 17.6 Å². The molecule has 2 rings (SSSR count). The highest BCUT2D eigenvalue weighted by atomic mass is 19.1. The molecule has 110 valence electrons. The summed E-state index contributed by atoms with van der Waals surface area (Å²) in [6.45, 7) is 2.96. The Morgan fingerprint density at radius 1 is 1.29 bits per heavy atom. The van der Waals surface area contributed by atoms with E-state index in [1.54, 1.807) is 14.0 Å². The van der Waals surface area contributed by atoms with Crippen LogP contribution in [0.4, 0.5) is 16.0 Å². The molecule has 0 bridgehead atoms. The molecule has 0 saturated carbocycles. The first-order valence-corrected chi connectivity index (χ1v) is 6.13. The van der Waals surface area contributed by atoms with Crippen molar-refractivity contribution in [3.63, 3.8) is 0 Å².